The van der Waals surface area contributed by atoms with E-state index >= 15 is 0 Å². The van der Waals surface area contributed by atoms with Crippen LogP contribution in [0.1, 0.15) is 25.5 Å². The van der Waals surface area contributed by atoms with E-state index in [1.165, 1.54) is 19.4 Å². The zero-order valence-electron chi connectivity index (χ0n) is 15.1. The molecule has 2 N–H and O–H groups in total. The van der Waals surface area contributed by atoms with E-state index < -0.39 is 0 Å². The third-order valence-corrected chi connectivity index (χ3v) is 4.72. The summed E-state index contributed by atoms with van der Waals surface area (Å²) in [5.74, 6) is 0.877. The van der Waals surface area contributed by atoms with Crippen LogP contribution in [0.4, 0.5) is 0 Å². The van der Waals surface area contributed by atoms with E-state index in [0.29, 0.717) is 6.04 Å². The summed E-state index contributed by atoms with van der Waals surface area (Å²) in [4.78, 5) is 11.5. The quantitative estimate of drug-likeness (QED) is 0.398. The molecule has 3 heterocycles. The third-order valence-electron chi connectivity index (χ3n) is 4.72. The van der Waals surface area contributed by atoms with Gasteiger partial charge < -0.3 is 15.0 Å². The topological polar surface area (TPSA) is 57.0 Å². The van der Waals surface area contributed by atoms with Crippen LogP contribution in [0.15, 0.2) is 35.6 Å². The molecule has 0 aromatic carbocycles. The molecular weight excluding hydrogens is 427 g/mol. The largest absolute Gasteiger partial charge is 0.356 e. The van der Waals surface area contributed by atoms with Crippen molar-refractivity contribution >= 4 is 35.6 Å². The van der Waals surface area contributed by atoms with Gasteiger partial charge in [0.05, 0.1) is 5.69 Å². The molecule has 138 valence electrons. The molecule has 7 heteroatoms. The molecule has 25 heavy (non-hydrogen) atoms. The van der Waals surface area contributed by atoms with Crippen molar-refractivity contribution in [1.82, 2.24) is 24.9 Å². The second-order valence-corrected chi connectivity index (χ2v) is 6.25. The maximum Gasteiger partial charge on any atom is 0.191 e. The van der Waals surface area contributed by atoms with Crippen LogP contribution in [-0.4, -0.2) is 59.5 Å². The summed E-state index contributed by atoms with van der Waals surface area (Å²) in [6.45, 7) is 6.38. The summed E-state index contributed by atoms with van der Waals surface area (Å²) < 4.78 is 2.06. The van der Waals surface area contributed by atoms with Crippen molar-refractivity contribution in [2.75, 3.05) is 33.2 Å². The minimum Gasteiger partial charge on any atom is -0.356 e. The third kappa shape index (κ3) is 5.31. The van der Waals surface area contributed by atoms with Crippen LogP contribution in [0.2, 0.25) is 0 Å². The molecule has 1 unspecified atom stereocenters. The number of halogens is 1. The first-order valence-corrected chi connectivity index (χ1v) is 8.91. The van der Waals surface area contributed by atoms with Crippen LogP contribution in [0.3, 0.4) is 0 Å². The number of hydrogen-bond acceptors (Lipinski definition) is 3. The van der Waals surface area contributed by atoms with Gasteiger partial charge >= 0.3 is 0 Å². The number of hydrogen-bond donors (Lipinski definition) is 2. The Kier molecular flexibility index (Phi) is 7.95. The van der Waals surface area contributed by atoms with Gasteiger partial charge in [-0.3, -0.25) is 9.89 Å². The van der Waals surface area contributed by atoms with Gasteiger partial charge in [0.2, 0.25) is 0 Å². The summed E-state index contributed by atoms with van der Waals surface area (Å²) in [5.41, 5.74) is 2.09. The Morgan fingerprint density at radius 1 is 1.36 bits per heavy atom. The fourth-order valence-electron chi connectivity index (χ4n) is 3.39. The monoisotopic (exact) mass is 456 g/mol. The summed E-state index contributed by atoms with van der Waals surface area (Å²) in [5, 5.41) is 6.85. The molecule has 0 bridgehead atoms. The van der Waals surface area contributed by atoms with E-state index in [1.54, 1.807) is 0 Å². The SMILES string of the molecule is CCN1CCCC1CNC(=NC)NCCc1cn2ccccc2n1.I. The van der Waals surface area contributed by atoms with Gasteiger partial charge in [-0.2, -0.15) is 0 Å². The number of fused-ring (bicyclic) bond motifs is 1. The fraction of sp³-hybridized carbons (Fsp3) is 0.556. The van der Waals surface area contributed by atoms with Gasteiger partial charge in [0.1, 0.15) is 5.65 Å². The lowest BCUT2D eigenvalue weighted by Gasteiger charge is -2.23. The molecule has 3 rings (SSSR count). The number of likely N-dealkylation sites (tertiary alicyclic amines) is 1. The predicted molar refractivity (Wildman–Crippen MR) is 114 cm³/mol. The fourth-order valence-corrected chi connectivity index (χ4v) is 3.39. The van der Waals surface area contributed by atoms with Crippen LogP contribution in [-0.2, 0) is 6.42 Å². The second-order valence-electron chi connectivity index (χ2n) is 6.25. The summed E-state index contributed by atoms with van der Waals surface area (Å²) in [6.07, 6.45) is 7.58. The lowest BCUT2D eigenvalue weighted by molar-refractivity contribution is 0.267. The van der Waals surface area contributed by atoms with Crippen LogP contribution in [0.25, 0.3) is 5.65 Å². The second kappa shape index (κ2) is 9.96. The van der Waals surface area contributed by atoms with Crippen molar-refractivity contribution in [2.24, 2.45) is 4.99 Å². The number of aromatic nitrogens is 2. The van der Waals surface area contributed by atoms with Gasteiger partial charge in [-0.1, -0.05) is 13.0 Å². The Morgan fingerprint density at radius 2 is 2.24 bits per heavy atom. The maximum absolute atomic E-state index is 4.62. The highest BCUT2D eigenvalue weighted by atomic mass is 127. The normalized spacial score (nSPS) is 18.3. The summed E-state index contributed by atoms with van der Waals surface area (Å²) >= 11 is 0. The first-order chi connectivity index (χ1) is 11.8. The average molecular weight is 456 g/mol. The number of nitrogens with zero attached hydrogens (tertiary/aromatic N) is 4. The number of aliphatic imine (C=N–C) groups is 1. The Hall–Kier alpha value is -1.35. The molecule has 1 atom stereocenters. The van der Waals surface area contributed by atoms with Gasteiger partial charge in [0, 0.05) is 45.0 Å². The number of imidazole rings is 1. The zero-order chi connectivity index (χ0) is 16.8. The number of rotatable bonds is 6. The lowest BCUT2D eigenvalue weighted by atomic mass is 10.2. The van der Waals surface area contributed by atoms with Crippen molar-refractivity contribution in [2.45, 2.75) is 32.2 Å². The van der Waals surface area contributed by atoms with E-state index in [-0.39, 0.29) is 24.0 Å². The molecule has 1 saturated heterocycles. The highest BCUT2D eigenvalue weighted by Gasteiger charge is 2.22. The van der Waals surface area contributed by atoms with Gasteiger partial charge in [0.15, 0.2) is 5.96 Å². The molecule has 1 fully saturated rings. The number of nitrogens with one attached hydrogen (secondary N) is 2. The Bertz CT molecular complexity index is 650. The number of likely N-dealkylation sites (N-methyl/N-ethyl adjacent to an activating group) is 1. The molecule has 2 aromatic rings. The Morgan fingerprint density at radius 3 is 3.00 bits per heavy atom. The minimum atomic E-state index is 0. The zero-order valence-corrected chi connectivity index (χ0v) is 17.4. The van der Waals surface area contributed by atoms with E-state index in [4.69, 9.17) is 0 Å². The highest BCUT2D eigenvalue weighted by molar-refractivity contribution is 14.0. The van der Waals surface area contributed by atoms with Crippen molar-refractivity contribution in [3.8, 4) is 0 Å². The first-order valence-electron chi connectivity index (χ1n) is 8.91. The maximum atomic E-state index is 4.62. The predicted octanol–water partition coefficient (Wildman–Crippen LogP) is 2.14. The Balaban J connectivity index is 0.00000225. The van der Waals surface area contributed by atoms with Crippen molar-refractivity contribution in [3.63, 3.8) is 0 Å². The van der Waals surface area contributed by atoms with E-state index in [9.17, 15) is 0 Å². The molecule has 0 saturated carbocycles. The van der Waals surface area contributed by atoms with Gasteiger partial charge in [-0.05, 0) is 38.1 Å². The van der Waals surface area contributed by atoms with Crippen LogP contribution in [0.5, 0.6) is 0 Å². The van der Waals surface area contributed by atoms with E-state index in [1.807, 2.05) is 31.4 Å². The lowest BCUT2D eigenvalue weighted by Crippen LogP contribution is -2.45. The molecule has 1 aliphatic rings. The van der Waals surface area contributed by atoms with Gasteiger partial charge in [-0.15, -0.1) is 24.0 Å². The van der Waals surface area contributed by atoms with Crippen molar-refractivity contribution < 1.29 is 0 Å². The molecule has 0 radical (unpaired) electrons. The molecule has 0 spiro atoms. The number of pyridine rings is 1. The Labute approximate surface area is 167 Å². The van der Waals surface area contributed by atoms with E-state index in [0.717, 1.165) is 43.4 Å². The van der Waals surface area contributed by atoms with Crippen LogP contribution < -0.4 is 10.6 Å². The van der Waals surface area contributed by atoms with Crippen molar-refractivity contribution in [3.05, 3.63) is 36.3 Å². The molecule has 0 aliphatic carbocycles. The average Bonchev–Trinajstić information content (AvgIpc) is 3.23. The molecule has 0 amide bonds. The molecule has 2 aromatic heterocycles. The van der Waals surface area contributed by atoms with E-state index in [2.05, 4.69) is 43.0 Å². The summed E-state index contributed by atoms with van der Waals surface area (Å²) in [6, 6.07) is 6.69. The minimum absolute atomic E-state index is 0. The highest BCUT2D eigenvalue weighted by Crippen LogP contribution is 2.15. The molecular formula is C18H29IN6. The van der Waals surface area contributed by atoms with Crippen LogP contribution in [0, 0.1) is 0 Å². The summed E-state index contributed by atoms with van der Waals surface area (Å²) in [7, 11) is 1.83. The molecule has 1 aliphatic heterocycles. The van der Waals surface area contributed by atoms with Gasteiger partial charge in [-0.25, -0.2) is 4.98 Å². The van der Waals surface area contributed by atoms with Gasteiger partial charge in [0.25, 0.3) is 0 Å². The number of guanidine groups is 1. The smallest absolute Gasteiger partial charge is 0.191 e. The standard InChI is InChI=1S/C18H28N6.HI/c1-3-23-12-6-7-16(23)13-21-18(19-2)20-10-9-15-14-24-11-5-4-8-17(24)22-15;/h4-5,8,11,14,16H,3,6-7,9-10,12-13H2,1-2H3,(H2,19,20,21);1H. The first kappa shape index (κ1) is 20.0. The molecule has 6 nitrogen and oxygen atoms in total. The van der Waals surface area contributed by atoms with Crippen molar-refractivity contribution in [1.29, 1.82) is 0 Å². The van der Waals surface area contributed by atoms with Crippen LogP contribution >= 0.6 is 24.0 Å².